The lowest BCUT2D eigenvalue weighted by Crippen LogP contribution is -1.95. The van der Waals surface area contributed by atoms with E-state index in [0.29, 0.717) is 0 Å². The normalized spacial score (nSPS) is 12.0. The van der Waals surface area contributed by atoms with Crippen molar-refractivity contribution < 1.29 is 0 Å². The summed E-state index contributed by atoms with van der Waals surface area (Å²) in [4.78, 5) is 4.56. The quantitative estimate of drug-likeness (QED) is 0.179. The van der Waals surface area contributed by atoms with E-state index in [1.807, 2.05) is 12.4 Å². The predicted molar refractivity (Wildman–Crippen MR) is 232 cm³/mol. The Hall–Kier alpha value is -7.29. The van der Waals surface area contributed by atoms with Crippen LogP contribution in [0.15, 0.2) is 194 Å². The molecule has 12 rings (SSSR count). The first kappa shape index (κ1) is 30.2. The predicted octanol–water partition coefficient (Wildman–Crippen LogP) is 14.3. The van der Waals surface area contributed by atoms with Crippen molar-refractivity contribution in [3.05, 3.63) is 194 Å². The molecule has 11 aromatic rings. The Balaban J connectivity index is 1.09. The first-order valence-electron chi connectivity index (χ1n) is 19.0. The van der Waals surface area contributed by atoms with E-state index in [1.165, 1.54) is 104 Å². The smallest absolute Gasteiger partial charge is 0.0724 e. The van der Waals surface area contributed by atoms with E-state index in [9.17, 15) is 0 Å². The lowest BCUT2D eigenvalue weighted by Gasteiger charge is -2.20. The Labute approximate surface area is 318 Å². The number of hydrogen-bond acceptors (Lipinski definition) is 1. The summed E-state index contributed by atoms with van der Waals surface area (Å²) < 4.78 is 2.38. The molecule has 0 aliphatic heterocycles. The Bertz CT molecular complexity index is 3250. The summed E-state index contributed by atoms with van der Waals surface area (Å²) in [6, 6.07) is 66.9. The van der Waals surface area contributed by atoms with Crippen molar-refractivity contribution in [3.8, 4) is 61.3 Å². The highest BCUT2D eigenvalue weighted by atomic mass is 15.0. The van der Waals surface area contributed by atoms with Crippen LogP contribution in [0, 0.1) is 0 Å². The van der Waals surface area contributed by atoms with Crippen molar-refractivity contribution in [2.24, 2.45) is 0 Å². The molecular weight excluding hydrogens is 665 g/mol. The second kappa shape index (κ2) is 11.6. The van der Waals surface area contributed by atoms with Crippen LogP contribution in [0.3, 0.4) is 0 Å². The summed E-state index contributed by atoms with van der Waals surface area (Å²) in [6.07, 6.45) is 3.89. The zero-order valence-electron chi connectivity index (χ0n) is 29.9. The lowest BCUT2D eigenvalue weighted by molar-refractivity contribution is 1.17. The van der Waals surface area contributed by atoms with Gasteiger partial charge in [0.15, 0.2) is 0 Å². The molecule has 0 saturated heterocycles. The molecule has 2 nitrogen and oxygen atoms in total. The molecule has 2 heterocycles. The minimum atomic E-state index is 1.11. The fraction of sp³-hybridized carbons (Fsp3) is 0. The Morgan fingerprint density at radius 3 is 1.65 bits per heavy atom. The summed E-state index contributed by atoms with van der Waals surface area (Å²) >= 11 is 0. The van der Waals surface area contributed by atoms with Gasteiger partial charge in [0.1, 0.15) is 0 Å². The standard InChI is InChI=1S/C53H32N2/c1-3-13-35(14-4-1)48-42-18-9-10-19-43(42)49(36-15-5-2-6-16-36)52-46-29-28-38(41-20-11-21-45(50(41)46)51(48)52)34-22-25-37(26-23-34)55-47-32-54-31-30-40(47)44-27-24-33-12-7-8-17-39(33)53(44)55/h1-32H. The van der Waals surface area contributed by atoms with Crippen molar-refractivity contribution in [1.82, 2.24) is 9.55 Å². The third-order valence-electron chi connectivity index (χ3n) is 11.8. The van der Waals surface area contributed by atoms with E-state index in [2.05, 4.69) is 192 Å². The largest absolute Gasteiger partial charge is 0.307 e. The third kappa shape index (κ3) is 4.28. The molecular formula is C53H32N2. The van der Waals surface area contributed by atoms with Gasteiger partial charge in [-0.3, -0.25) is 4.98 Å². The molecule has 0 bridgehead atoms. The van der Waals surface area contributed by atoms with Crippen molar-refractivity contribution in [2.75, 3.05) is 0 Å². The van der Waals surface area contributed by atoms with Crippen LogP contribution in [-0.4, -0.2) is 9.55 Å². The summed E-state index contributed by atoms with van der Waals surface area (Å²) in [5.74, 6) is 0. The number of nitrogens with zero attached hydrogens (tertiary/aromatic N) is 2. The molecule has 254 valence electrons. The minimum Gasteiger partial charge on any atom is -0.307 e. The van der Waals surface area contributed by atoms with E-state index in [4.69, 9.17) is 0 Å². The summed E-state index contributed by atoms with van der Waals surface area (Å²) in [5, 5.41) is 10.1. The summed E-state index contributed by atoms with van der Waals surface area (Å²) in [6.45, 7) is 0. The van der Waals surface area contributed by atoms with Crippen LogP contribution in [0.1, 0.15) is 0 Å². The van der Waals surface area contributed by atoms with Gasteiger partial charge < -0.3 is 4.57 Å². The van der Waals surface area contributed by atoms with E-state index < -0.39 is 0 Å². The molecule has 1 aliphatic carbocycles. The van der Waals surface area contributed by atoms with Gasteiger partial charge in [0.2, 0.25) is 0 Å². The van der Waals surface area contributed by atoms with Gasteiger partial charge in [-0.15, -0.1) is 0 Å². The third-order valence-corrected chi connectivity index (χ3v) is 11.8. The Kier molecular flexibility index (Phi) is 6.37. The maximum Gasteiger partial charge on any atom is 0.0724 e. The molecule has 0 radical (unpaired) electrons. The number of aromatic nitrogens is 2. The SMILES string of the molecule is c1ccc(-c2c3c(c(-c4ccccc4)c4ccccc24)-c2ccc(-c4ccc(-n5c6cnccc6c6ccc7ccccc7c65)cc4)c4cccc-3c24)cc1. The van der Waals surface area contributed by atoms with Crippen molar-refractivity contribution in [3.63, 3.8) is 0 Å². The molecule has 0 amide bonds. The van der Waals surface area contributed by atoms with Crippen LogP contribution in [0.2, 0.25) is 0 Å². The molecule has 0 N–H and O–H groups in total. The molecule has 0 unspecified atom stereocenters. The van der Waals surface area contributed by atoms with Gasteiger partial charge in [-0.1, -0.05) is 164 Å². The fourth-order valence-electron chi connectivity index (χ4n) is 9.55. The molecule has 0 atom stereocenters. The maximum absolute atomic E-state index is 4.56. The van der Waals surface area contributed by atoms with Gasteiger partial charge in [0.05, 0.1) is 17.2 Å². The van der Waals surface area contributed by atoms with E-state index >= 15 is 0 Å². The number of pyridine rings is 1. The average molecular weight is 697 g/mol. The molecule has 55 heavy (non-hydrogen) atoms. The summed E-state index contributed by atoms with van der Waals surface area (Å²) in [7, 11) is 0. The van der Waals surface area contributed by atoms with Gasteiger partial charge in [-0.05, 0) is 101 Å². The number of benzene rings is 9. The van der Waals surface area contributed by atoms with E-state index in [0.717, 1.165) is 11.2 Å². The zero-order chi connectivity index (χ0) is 36.0. The van der Waals surface area contributed by atoms with Crippen LogP contribution < -0.4 is 0 Å². The first-order chi connectivity index (χ1) is 27.3. The maximum atomic E-state index is 4.56. The van der Waals surface area contributed by atoms with Crippen LogP contribution in [0.4, 0.5) is 0 Å². The lowest BCUT2D eigenvalue weighted by atomic mass is 9.82. The second-order valence-electron chi connectivity index (χ2n) is 14.6. The molecule has 2 heteroatoms. The second-order valence-corrected chi connectivity index (χ2v) is 14.6. The highest BCUT2D eigenvalue weighted by Gasteiger charge is 2.31. The molecule has 9 aromatic carbocycles. The van der Waals surface area contributed by atoms with Gasteiger partial charge >= 0.3 is 0 Å². The first-order valence-corrected chi connectivity index (χ1v) is 19.0. The highest BCUT2D eigenvalue weighted by Crippen LogP contribution is 2.58. The van der Waals surface area contributed by atoms with Crippen LogP contribution in [-0.2, 0) is 0 Å². The van der Waals surface area contributed by atoms with Gasteiger partial charge in [-0.2, -0.15) is 0 Å². The summed E-state index contributed by atoms with van der Waals surface area (Å²) in [5.41, 5.74) is 16.2. The Morgan fingerprint density at radius 2 is 0.945 bits per heavy atom. The van der Waals surface area contributed by atoms with Gasteiger partial charge in [0.25, 0.3) is 0 Å². The number of hydrogen-bond donors (Lipinski definition) is 0. The molecule has 2 aromatic heterocycles. The fourth-order valence-corrected chi connectivity index (χ4v) is 9.55. The minimum absolute atomic E-state index is 1.11. The topological polar surface area (TPSA) is 17.8 Å². The van der Waals surface area contributed by atoms with Crippen LogP contribution in [0.5, 0.6) is 0 Å². The molecule has 0 saturated carbocycles. The highest BCUT2D eigenvalue weighted by molar-refractivity contribution is 6.29. The van der Waals surface area contributed by atoms with Crippen molar-refractivity contribution in [1.29, 1.82) is 0 Å². The van der Waals surface area contributed by atoms with Crippen LogP contribution in [0.25, 0.3) is 115 Å². The molecule has 1 aliphatic rings. The number of rotatable bonds is 4. The average Bonchev–Trinajstić information content (AvgIpc) is 3.78. The molecule has 0 spiro atoms. The van der Waals surface area contributed by atoms with E-state index in [-0.39, 0.29) is 0 Å². The van der Waals surface area contributed by atoms with E-state index in [1.54, 1.807) is 0 Å². The van der Waals surface area contributed by atoms with Crippen molar-refractivity contribution in [2.45, 2.75) is 0 Å². The van der Waals surface area contributed by atoms with Gasteiger partial charge in [0, 0.05) is 28.0 Å². The van der Waals surface area contributed by atoms with Gasteiger partial charge in [-0.25, -0.2) is 0 Å². The molecule has 0 fully saturated rings. The number of fused-ring (bicyclic) bond motifs is 9. The Morgan fingerprint density at radius 1 is 0.345 bits per heavy atom. The monoisotopic (exact) mass is 696 g/mol. The van der Waals surface area contributed by atoms with Crippen LogP contribution >= 0.6 is 0 Å². The zero-order valence-corrected chi connectivity index (χ0v) is 29.9. The van der Waals surface area contributed by atoms with Crippen molar-refractivity contribution >= 4 is 54.1 Å².